The predicted octanol–water partition coefficient (Wildman–Crippen LogP) is 28.8. The summed E-state index contributed by atoms with van der Waals surface area (Å²) in [5, 5.41) is 20.3. The summed E-state index contributed by atoms with van der Waals surface area (Å²) in [4.78, 5) is 10.2. The molecule has 0 aliphatic heterocycles. The number of benzene rings is 17. The third-order valence-corrected chi connectivity index (χ3v) is 23.4. The van der Waals surface area contributed by atoms with Crippen molar-refractivity contribution in [2.75, 3.05) is 0 Å². The number of pyridine rings is 2. The molecule has 21 rings (SSSR count). The third kappa shape index (κ3) is 10.6. The van der Waals surface area contributed by atoms with Gasteiger partial charge in [0.1, 0.15) is 0 Å². The lowest BCUT2D eigenvalue weighted by Gasteiger charge is -2.18. The molecule has 104 heavy (non-hydrogen) atoms. The van der Waals surface area contributed by atoms with Gasteiger partial charge in [-0.05, 0) is 174 Å². The fourth-order valence-electron chi connectivity index (χ4n) is 16.1. The van der Waals surface area contributed by atoms with Crippen LogP contribution in [-0.4, -0.2) is 9.97 Å². The van der Waals surface area contributed by atoms with Crippen LogP contribution in [0.3, 0.4) is 0 Å². The molecule has 2 nitrogen and oxygen atoms in total. The van der Waals surface area contributed by atoms with Crippen LogP contribution in [-0.2, 0) is 0 Å². The molecule has 4 aromatic heterocycles. The van der Waals surface area contributed by atoms with Crippen molar-refractivity contribution in [3.8, 4) is 100 Å². The summed E-state index contributed by atoms with van der Waals surface area (Å²) >= 11 is 3.73. The Morgan fingerprint density at radius 1 is 0.183 bits per heavy atom. The van der Waals surface area contributed by atoms with Gasteiger partial charge in [0.05, 0.1) is 11.4 Å². The Morgan fingerprint density at radius 2 is 0.548 bits per heavy atom. The van der Waals surface area contributed by atoms with Crippen LogP contribution in [0.15, 0.2) is 376 Å². The highest BCUT2D eigenvalue weighted by atomic mass is 32.1. The molecule has 484 valence electrons. The van der Waals surface area contributed by atoms with Gasteiger partial charge in [-0.2, -0.15) is 0 Å². The predicted molar refractivity (Wildman–Crippen MR) is 448 cm³/mol. The molecule has 0 spiro atoms. The van der Waals surface area contributed by atoms with Crippen molar-refractivity contribution in [2.24, 2.45) is 0 Å². The summed E-state index contributed by atoms with van der Waals surface area (Å²) in [5.74, 6) is 0. The molecular formula is C100H62N2S2. The molecule has 0 radical (unpaired) electrons. The zero-order valence-corrected chi connectivity index (χ0v) is 58.1. The van der Waals surface area contributed by atoms with E-state index < -0.39 is 0 Å². The normalized spacial score (nSPS) is 11.7. The van der Waals surface area contributed by atoms with Gasteiger partial charge in [0.15, 0.2) is 0 Å². The second-order valence-electron chi connectivity index (χ2n) is 27.0. The molecule has 4 heteroatoms. The molecule has 0 aliphatic rings. The maximum Gasteiger partial charge on any atom is 0.0716 e. The van der Waals surface area contributed by atoms with Gasteiger partial charge in [0, 0.05) is 75.0 Å². The smallest absolute Gasteiger partial charge is 0.0716 e. The number of fused-ring (bicyclic) bond motifs is 13. The molecule has 0 N–H and O–H groups in total. The molecule has 17 aromatic carbocycles. The Kier molecular flexibility index (Phi) is 15.0. The van der Waals surface area contributed by atoms with Crippen molar-refractivity contribution >= 4 is 128 Å². The van der Waals surface area contributed by atoms with Gasteiger partial charge in [-0.15, -0.1) is 22.7 Å². The Bertz CT molecular complexity index is 6780. The topological polar surface area (TPSA) is 25.8 Å². The van der Waals surface area contributed by atoms with Crippen LogP contribution in [0.2, 0.25) is 0 Å². The maximum absolute atomic E-state index is 5.15. The Labute approximate surface area is 610 Å². The minimum absolute atomic E-state index is 0.963. The van der Waals surface area contributed by atoms with Crippen LogP contribution >= 0.6 is 22.7 Å². The molecule has 0 unspecified atom stereocenters. The van der Waals surface area contributed by atoms with E-state index in [0.29, 0.717) is 0 Å². The summed E-state index contributed by atoms with van der Waals surface area (Å²) in [5.41, 5.74) is 21.2. The number of aromatic nitrogens is 2. The number of hydrogen-bond donors (Lipinski definition) is 0. The van der Waals surface area contributed by atoms with Gasteiger partial charge < -0.3 is 0 Å². The highest BCUT2D eigenvalue weighted by molar-refractivity contribution is 7.26. The number of rotatable bonds is 9. The number of hydrogen-bond acceptors (Lipinski definition) is 4. The fourth-order valence-corrected chi connectivity index (χ4v) is 18.4. The van der Waals surface area contributed by atoms with Crippen molar-refractivity contribution in [1.82, 2.24) is 9.97 Å². The van der Waals surface area contributed by atoms with E-state index in [-0.39, 0.29) is 0 Å². The maximum atomic E-state index is 5.15. The molecule has 0 amide bonds. The summed E-state index contributed by atoms with van der Waals surface area (Å²) in [7, 11) is 0. The molecule has 0 saturated carbocycles. The van der Waals surface area contributed by atoms with E-state index in [1.165, 1.54) is 177 Å². The first kappa shape index (κ1) is 61.0. The molecular weight excluding hydrogens is 1290 g/mol. The van der Waals surface area contributed by atoms with Crippen molar-refractivity contribution in [3.63, 3.8) is 0 Å². The molecule has 4 heterocycles. The van der Waals surface area contributed by atoms with Gasteiger partial charge >= 0.3 is 0 Å². The van der Waals surface area contributed by atoms with Crippen LogP contribution in [0, 0.1) is 0 Å². The molecule has 0 bridgehead atoms. The standard InChI is InChI=1S/C53H33NS.C47H29NS/c1-2-10-34(11-3-1)35-20-24-38(25-21-35)52-43-14-6-8-16-45(43)53(46-17-9-7-15-44(46)52)42-26-28-49(54-33-42)37-22-18-36(19-23-37)41-27-29-50-47(31-41)48-30-39-12-4-5-13-40(39)32-51(48)55-50;1-2-11-30(12-3-1)31-21-23-33(24-22-31)44-36-15-6-8-17-38(36)45(39-18-9-7-16-37(39)44)34-25-27-42(48-29-34)40-19-10-20-41-46-35-14-5-4-13-32(35)26-28-43(46)49-47(40)41/h1-33H;1-29H. The van der Waals surface area contributed by atoms with Crippen LogP contribution in [0.25, 0.3) is 205 Å². The summed E-state index contributed by atoms with van der Waals surface area (Å²) in [6, 6.07) is 132. The van der Waals surface area contributed by atoms with E-state index in [1.807, 2.05) is 28.9 Å². The average molecular weight is 1360 g/mol. The number of nitrogens with zero attached hydrogens (tertiary/aromatic N) is 2. The van der Waals surface area contributed by atoms with Gasteiger partial charge in [-0.25, -0.2) is 0 Å². The highest BCUT2D eigenvalue weighted by Gasteiger charge is 2.21. The molecule has 0 atom stereocenters. The summed E-state index contributed by atoms with van der Waals surface area (Å²) in [6.07, 6.45) is 4.12. The minimum atomic E-state index is 0.963. The molecule has 0 fully saturated rings. The van der Waals surface area contributed by atoms with Crippen LogP contribution in [0.1, 0.15) is 0 Å². The second-order valence-corrected chi connectivity index (χ2v) is 29.1. The summed E-state index contributed by atoms with van der Waals surface area (Å²) < 4.78 is 5.25. The molecule has 0 aliphatic carbocycles. The van der Waals surface area contributed by atoms with Crippen LogP contribution in [0.5, 0.6) is 0 Å². The lowest BCUT2D eigenvalue weighted by molar-refractivity contribution is 1.33. The van der Waals surface area contributed by atoms with E-state index in [2.05, 4.69) is 370 Å². The van der Waals surface area contributed by atoms with Gasteiger partial charge in [-0.3, -0.25) is 9.97 Å². The van der Waals surface area contributed by atoms with Gasteiger partial charge in [0.2, 0.25) is 0 Å². The first-order chi connectivity index (χ1) is 51.6. The van der Waals surface area contributed by atoms with E-state index in [4.69, 9.17) is 9.97 Å². The number of thiophene rings is 2. The van der Waals surface area contributed by atoms with E-state index >= 15 is 0 Å². The first-order valence-corrected chi connectivity index (χ1v) is 37.1. The van der Waals surface area contributed by atoms with Crippen molar-refractivity contribution in [2.45, 2.75) is 0 Å². The third-order valence-electron chi connectivity index (χ3n) is 21.0. The van der Waals surface area contributed by atoms with Gasteiger partial charge in [0.25, 0.3) is 0 Å². The Balaban J connectivity index is 0.000000139. The van der Waals surface area contributed by atoms with Crippen molar-refractivity contribution in [3.05, 3.63) is 376 Å². The van der Waals surface area contributed by atoms with Crippen LogP contribution in [0.4, 0.5) is 0 Å². The molecule has 21 aromatic rings. The van der Waals surface area contributed by atoms with Gasteiger partial charge in [-0.1, -0.05) is 322 Å². The summed E-state index contributed by atoms with van der Waals surface area (Å²) in [6.45, 7) is 0. The zero-order chi connectivity index (χ0) is 68.6. The Hall–Kier alpha value is -13.0. The van der Waals surface area contributed by atoms with Crippen molar-refractivity contribution < 1.29 is 0 Å². The van der Waals surface area contributed by atoms with E-state index in [9.17, 15) is 0 Å². The van der Waals surface area contributed by atoms with Crippen LogP contribution < -0.4 is 0 Å². The van der Waals surface area contributed by atoms with E-state index in [1.54, 1.807) is 0 Å². The largest absolute Gasteiger partial charge is 0.256 e. The lowest BCUT2D eigenvalue weighted by Crippen LogP contribution is -1.92. The van der Waals surface area contributed by atoms with Crippen molar-refractivity contribution in [1.29, 1.82) is 0 Å². The fraction of sp³-hybridized carbons (Fsp3) is 0. The lowest BCUT2D eigenvalue weighted by atomic mass is 9.86. The Morgan fingerprint density at radius 3 is 1.05 bits per heavy atom. The SMILES string of the molecule is c1ccc(-c2ccc(-c3c4ccccc4c(-c4ccc(-c5ccc(-c6ccc7sc8cc9ccccc9cc8c7c6)cc5)nc4)c4ccccc34)cc2)cc1.c1ccc(-c2ccc(-c3c4ccccc4c(-c4ccc(-c5cccc6c5sc5ccc7ccccc7c56)nc4)c4ccccc34)cc2)cc1. The first-order valence-electron chi connectivity index (χ1n) is 35.5. The van der Waals surface area contributed by atoms with E-state index in [0.717, 1.165) is 28.1 Å². The molecule has 0 saturated heterocycles. The second kappa shape index (κ2) is 25.6. The highest BCUT2D eigenvalue weighted by Crippen LogP contribution is 2.48. The zero-order valence-electron chi connectivity index (χ0n) is 56.5. The quantitative estimate of drug-likeness (QED) is 0.135. The average Bonchev–Trinajstić information content (AvgIpc) is 0.823. The minimum Gasteiger partial charge on any atom is -0.256 e. The monoisotopic (exact) mass is 1350 g/mol.